The Hall–Kier alpha value is -2.04. The fraction of sp³-hybridized carbons (Fsp3) is 0.765. The van der Waals surface area contributed by atoms with Crippen LogP contribution in [0.4, 0.5) is 17.8 Å². The average molecular weight is 376 g/mol. The first kappa shape index (κ1) is 18.3. The molecule has 0 radical (unpaired) electrons. The Bertz CT molecular complexity index is 612. The van der Waals surface area contributed by atoms with Crippen LogP contribution in [-0.2, 0) is 9.47 Å². The second-order valence-corrected chi connectivity index (χ2v) is 7.05. The Balaban J connectivity index is 1.54. The van der Waals surface area contributed by atoms with Crippen LogP contribution >= 0.6 is 0 Å². The summed E-state index contributed by atoms with van der Waals surface area (Å²) < 4.78 is 10.9. The van der Waals surface area contributed by atoms with Crippen LogP contribution in [0.25, 0.3) is 0 Å². The van der Waals surface area contributed by atoms with E-state index in [0.29, 0.717) is 44.3 Å². The summed E-state index contributed by atoms with van der Waals surface area (Å²) in [5.41, 5.74) is 4.24. The summed E-state index contributed by atoms with van der Waals surface area (Å²) in [6, 6.07) is 0. The third-order valence-corrected chi connectivity index (χ3v) is 5.08. The third-order valence-electron chi connectivity index (χ3n) is 5.08. The Morgan fingerprint density at radius 3 is 1.81 bits per heavy atom. The number of hydrogen-bond acceptors (Lipinski definition) is 10. The SMILES string of the molecule is CN1CCC(=NNc2nc(N3CCOCC3)nc(N3CCOCC3)n2)CC1. The lowest BCUT2D eigenvalue weighted by Crippen LogP contribution is -2.40. The van der Waals surface area contributed by atoms with Crippen LogP contribution in [0.15, 0.2) is 5.10 Å². The Labute approximate surface area is 159 Å². The maximum atomic E-state index is 5.45. The molecule has 3 aliphatic rings. The summed E-state index contributed by atoms with van der Waals surface area (Å²) in [4.78, 5) is 20.5. The Morgan fingerprint density at radius 1 is 0.778 bits per heavy atom. The van der Waals surface area contributed by atoms with E-state index < -0.39 is 0 Å². The van der Waals surface area contributed by atoms with Gasteiger partial charge >= 0.3 is 0 Å². The molecule has 1 aromatic rings. The van der Waals surface area contributed by atoms with Gasteiger partial charge in [0.25, 0.3) is 0 Å². The lowest BCUT2D eigenvalue weighted by molar-refractivity contribution is 0.121. The second kappa shape index (κ2) is 8.77. The van der Waals surface area contributed by atoms with Crippen molar-refractivity contribution in [1.29, 1.82) is 0 Å². The van der Waals surface area contributed by atoms with Gasteiger partial charge in [-0.1, -0.05) is 0 Å². The normalized spacial score (nSPS) is 22.0. The molecular weight excluding hydrogens is 348 g/mol. The van der Waals surface area contributed by atoms with Crippen molar-refractivity contribution < 1.29 is 9.47 Å². The second-order valence-electron chi connectivity index (χ2n) is 7.05. The van der Waals surface area contributed by atoms with E-state index in [1.807, 2.05) is 0 Å². The van der Waals surface area contributed by atoms with E-state index in [1.54, 1.807) is 0 Å². The molecule has 0 spiro atoms. The molecule has 4 rings (SSSR count). The lowest BCUT2D eigenvalue weighted by atomic mass is 10.1. The average Bonchev–Trinajstić information content (AvgIpc) is 2.74. The highest BCUT2D eigenvalue weighted by Crippen LogP contribution is 2.19. The number of nitrogens with one attached hydrogen (secondary N) is 1. The fourth-order valence-corrected chi connectivity index (χ4v) is 3.33. The first-order valence-corrected chi connectivity index (χ1v) is 9.69. The van der Waals surface area contributed by atoms with Crippen molar-refractivity contribution in [3.05, 3.63) is 0 Å². The molecule has 3 aliphatic heterocycles. The summed E-state index contributed by atoms with van der Waals surface area (Å²) in [5.74, 6) is 1.86. The minimum atomic E-state index is 0.499. The van der Waals surface area contributed by atoms with E-state index in [9.17, 15) is 0 Å². The highest BCUT2D eigenvalue weighted by molar-refractivity contribution is 5.86. The Morgan fingerprint density at radius 2 is 1.30 bits per heavy atom. The maximum Gasteiger partial charge on any atom is 0.250 e. The van der Waals surface area contributed by atoms with Crippen molar-refractivity contribution in [1.82, 2.24) is 19.9 Å². The summed E-state index contributed by atoms with van der Waals surface area (Å²) >= 11 is 0. The van der Waals surface area contributed by atoms with Gasteiger partial charge in [-0.3, -0.25) is 0 Å². The predicted octanol–water partition coefficient (Wildman–Crippen LogP) is 0.0383. The van der Waals surface area contributed by atoms with Crippen molar-refractivity contribution in [2.75, 3.05) is 88.0 Å². The summed E-state index contributed by atoms with van der Waals surface area (Å²) in [5, 5.41) is 4.56. The molecule has 0 bridgehead atoms. The summed E-state index contributed by atoms with van der Waals surface area (Å²) in [7, 11) is 2.14. The number of nitrogens with zero attached hydrogens (tertiary/aromatic N) is 7. The molecule has 4 heterocycles. The van der Waals surface area contributed by atoms with Crippen LogP contribution in [0.1, 0.15) is 12.8 Å². The van der Waals surface area contributed by atoms with E-state index >= 15 is 0 Å². The van der Waals surface area contributed by atoms with Gasteiger partial charge in [0, 0.05) is 57.8 Å². The monoisotopic (exact) mass is 376 g/mol. The minimum absolute atomic E-state index is 0.499. The van der Waals surface area contributed by atoms with Crippen LogP contribution in [0.5, 0.6) is 0 Å². The number of hydrazone groups is 1. The predicted molar refractivity (Wildman–Crippen MR) is 104 cm³/mol. The van der Waals surface area contributed by atoms with Gasteiger partial charge < -0.3 is 24.2 Å². The zero-order valence-corrected chi connectivity index (χ0v) is 15.9. The molecular formula is C17H28N8O2. The molecule has 148 valence electrons. The topological polar surface area (TPSA) is 91.2 Å². The van der Waals surface area contributed by atoms with Crippen LogP contribution in [0.2, 0.25) is 0 Å². The number of aromatic nitrogens is 3. The number of piperidine rings is 1. The number of likely N-dealkylation sites (tertiary alicyclic amines) is 1. The molecule has 10 heteroatoms. The van der Waals surface area contributed by atoms with Crippen molar-refractivity contribution in [2.45, 2.75) is 12.8 Å². The summed E-state index contributed by atoms with van der Waals surface area (Å²) in [6.07, 6.45) is 1.95. The maximum absolute atomic E-state index is 5.45. The van der Waals surface area contributed by atoms with Crippen LogP contribution in [0.3, 0.4) is 0 Å². The van der Waals surface area contributed by atoms with Gasteiger partial charge in [-0.15, -0.1) is 0 Å². The molecule has 1 N–H and O–H groups in total. The molecule has 1 aromatic heterocycles. The van der Waals surface area contributed by atoms with E-state index in [0.717, 1.165) is 57.8 Å². The number of anilines is 3. The van der Waals surface area contributed by atoms with E-state index in [2.05, 4.69) is 42.2 Å². The largest absolute Gasteiger partial charge is 0.378 e. The molecule has 0 aromatic carbocycles. The van der Waals surface area contributed by atoms with Gasteiger partial charge in [-0.05, 0) is 7.05 Å². The zero-order valence-electron chi connectivity index (χ0n) is 15.9. The highest BCUT2D eigenvalue weighted by Gasteiger charge is 2.21. The molecule has 0 saturated carbocycles. The standard InChI is InChI=1S/C17H28N8O2/c1-23-4-2-14(3-5-23)21-22-15-18-16(24-6-10-26-11-7-24)20-17(19-15)25-8-12-27-13-9-25/h2-13H2,1H3,(H,18,19,20,22). The molecule has 10 nitrogen and oxygen atoms in total. The molecule has 0 atom stereocenters. The summed E-state index contributed by atoms with van der Waals surface area (Å²) in [6.45, 7) is 7.98. The van der Waals surface area contributed by atoms with E-state index in [1.165, 1.54) is 0 Å². The highest BCUT2D eigenvalue weighted by atomic mass is 16.5. The fourth-order valence-electron chi connectivity index (χ4n) is 3.33. The van der Waals surface area contributed by atoms with Crippen LogP contribution in [0, 0.1) is 0 Å². The molecule has 27 heavy (non-hydrogen) atoms. The van der Waals surface area contributed by atoms with Gasteiger partial charge in [0.05, 0.1) is 26.4 Å². The number of rotatable bonds is 4. The van der Waals surface area contributed by atoms with Crippen molar-refractivity contribution in [3.63, 3.8) is 0 Å². The van der Waals surface area contributed by atoms with Gasteiger partial charge in [0.2, 0.25) is 17.8 Å². The van der Waals surface area contributed by atoms with Crippen molar-refractivity contribution in [3.8, 4) is 0 Å². The first-order valence-electron chi connectivity index (χ1n) is 9.69. The van der Waals surface area contributed by atoms with Gasteiger partial charge in [-0.25, -0.2) is 5.43 Å². The lowest BCUT2D eigenvalue weighted by Gasteiger charge is -2.30. The van der Waals surface area contributed by atoms with Crippen molar-refractivity contribution >= 4 is 23.6 Å². The number of hydrogen-bond donors (Lipinski definition) is 1. The zero-order chi connectivity index (χ0) is 18.5. The first-order chi connectivity index (χ1) is 13.3. The van der Waals surface area contributed by atoms with Crippen LogP contribution < -0.4 is 15.2 Å². The van der Waals surface area contributed by atoms with Crippen molar-refractivity contribution in [2.24, 2.45) is 5.10 Å². The molecule has 0 aliphatic carbocycles. The molecule has 0 amide bonds. The van der Waals surface area contributed by atoms with Gasteiger partial charge in [0.1, 0.15) is 0 Å². The van der Waals surface area contributed by atoms with Crippen LogP contribution in [-0.4, -0.2) is 98.3 Å². The Kier molecular flexibility index (Phi) is 5.95. The molecule has 3 fully saturated rings. The number of morpholine rings is 2. The minimum Gasteiger partial charge on any atom is -0.378 e. The van der Waals surface area contributed by atoms with E-state index in [4.69, 9.17) is 14.5 Å². The van der Waals surface area contributed by atoms with E-state index in [-0.39, 0.29) is 0 Å². The molecule has 3 saturated heterocycles. The van der Waals surface area contributed by atoms with Gasteiger partial charge in [-0.2, -0.15) is 20.1 Å². The smallest absolute Gasteiger partial charge is 0.250 e. The van der Waals surface area contributed by atoms with Gasteiger partial charge in [0.15, 0.2) is 0 Å². The third kappa shape index (κ3) is 4.82. The molecule has 0 unspecified atom stereocenters. The quantitative estimate of drug-likeness (QED) is 0.731. The number of ether oxygens (including phenoxy) is 2.